The van der Waals surface area contributed by atoms with Gasteiger partial charge < -0.3 is 40.6 Å². The average Bonchev–Trinajstić information content (AvgIpc) is 3.23. The number of aromatic hydroxyl groups is 2. The molecule has 10 heteroatoms. The van der Waals surface area contributed by atoms with Crippen LogP contribution in [0.25, 0.3) is 0 Å². The van der Waals surface area contributed by atoms with E-state index in [1.165, 1.54) is 6.07 Å². The zero-order valence-corrected chi connectivity index (χ0v) is 24.8. The van der Waals surface area contributed by atoms with Gasteiger partial charge in [0.1, 0.15) is 0 Å². The highest BCUT2D eigenvalue weighted by Crippen LogP contribution is 2.32. The molecule has 10 nitrogen and oxygen atoms in total. The van der Waals surface area contributed by atoms with Gasteiger partial charge in [-0.1, -0.05) is 33.8 Å². The van der Waals surface area contributed by atoms with Crippen LogP contribution in [0.5, 0.6) is 23.3 Å². The van der Waals surface area contributed by atoms with Crippen molar-refractivity contribution < 1.29 is 34.3 Å². The third-order valence-corrected chi connectivity index (χ3v) is 7.44. The standard InChI is InChI=1S/C30H49N3O7/c1-18(2)21(12-20-8-9-26(39-6)27(13-20)40-11-7-10-38-5)14-24(31)25(34)16-23(19(3)4)30(37)32-17-22-15-28(35)33-29(22)36/h8-9,13,15,18-19,21,23-25,33-36H,7,10-12,14,16-17,31H2,1-6H3,(H,32,37)/t21-,23-,24-,25-/m0/s1. The van der Waals surface area contributed by atoms with Gasteiger partial charge in [-0.25, -0.2) is 0 Å². The lowest BCUT2D eigenvalue weighted by Crippen LogP contribution is -2.42. The lowest BCUT2D eigenvalue weighted by atomic mass is 9.81. The van der Waals surface area contributed by atoms with Gasteiger partial charge in [-0.05, 0) is 54.7 Å². The number of aromatic amines is 1. The van der Waals surface area contributed by atoms with E-state index in [1.54, 1.807) is 14.2 Å². The van der Waals surface area contributed by atoms with E-state index in [1.807, 2.05) is 32.0 Å². The number of methoxy groups -OCH3 is 2. The largest absolute Gasteiger partial charge is 0.495 e. The quantitative estimate of drug-likeness (QED) is 0.150. The Morgan fingerprint density at radius 3 is 2.33 bits per heavy atom. The van der Waals surface area contributed by atoms with Gasteiger partial charge in [-0.3, -0.25) is 9.78 Å². The Morgan fingerprint density at radius 2 is 1.75 bits per heavy atom. The fourth-order valence-corrected chi connectivity index (χ4v) is 4.78. The van der Waals surface area contributed by atoms with Gasteiger partial charge in [0.2, 0.25) is 5.91 Å². The van der Waals surface area contributed by atoms with Crippen molar-refractivity contribution in [2.45, 2.75) is 72.1 Å². The van der Waals surface area contributed by atoms with Crippen LogP contribution in [-0.4, -0.2) is 65.8 Å². The van der Waals surface area contributed by atoms with Crippen LogP contribution in [0.3, 0.4) is 0 Å². The lowest BCUT2D eigenvalue weighted by Gasteiger charge is -2.30. The molecule has 2 rings (SSSR count). The summed E-state index contributed by atoms with van der Waals surface area (Å²) in [6, 6.07) is 6.79. The first-order chi connectivity index (χ1) is 19.0. The molecule has 0 aliphatic carbocycles. The molecule has 1 aromatic heterocycles. The monoisotopic (exact) mass is 563 g/mol. The molecule has 4 atom stereocenters. The van der Waals surface area contributed by atoms with Gasteiger partial charge in [0.25, 0.3) is 0 Å². The number of aliphatic hydroxyl groups excluding tert-OH is 1. The van der Waals surface area contributed by atoms with Gasteiger partial charge in [0, 0.05) is 50.3 Å². The Balaban J connectivity index is 2.01. The summed E-state index contributed by atoms with van der Waals surface area (Å²) in [4.78, 5) is 15.3. The summed E-state index contributed by atoms with van der Waals surface area (Å²) in [7, 11) is 3.28. The zero-order chi connectivity index (χ0) is 29.8. The summed E-state index contributed by atoms with van der Waals surface area (Å²) in [5, 5.41) is 33.1. The first kappa shape index (κ1) is 33.3. The molecule has 0 spiro atoms. The number of carbonyl (C=O) groups excluding carboxylic acids is 1. The second-order valence-electron chi connectivity index (χ2n) is 11.2. The first-order valence-electron chi connectivity index (χ1n) is 14.1. The van der Waals surface area contributed by atoms with Crippen molar-refractivity contribution >= 4 is 5.91 Å². The number of nitrogens with two attached hydrogens (primary N) is 1. The summed E-state index contributed by atoms with van der Waals surface area (Å²) in [6.07, 6.45) is 1.50. The fraction of sp³-hybridized carbons (Fsp3) is 0.633. The Morgan fingerprint density at radius 1 is 1.02 bits per heavy atom. The number of rotatable bonds is 18. The molecule has 0 radical (unpaired) electrons. The number of H-pyrrole nitrogens is 1. The molecular formula is C30H49N3O7. The molecule has 7 N–H and O–H groups in total. The molecule has 0 saturated heterocycles. The number of amides is 1. The maximum absolute atomic E-state index is 13.0. The van der Waals surface area contributed by atoms with Gasteiger partial charge in [-0.15, -0.1) is 0 Å². The van der Waals surface area contributed by atoms with E-state index in [4.69, 9.17) is 19.9 Å². The molecular weight excluding hydrogens is 514 g/mol. The van der Waals surface area contributed by atoms with Crippen LogP contribution in [0.4, 0.5) is 0 Å². The minimum atomic E-state index is -0.861. The number of benzene rings is 1. The van der Waals surface area contributed by atoms with E-state index in [9.17, 15) is 20.1 Å². The van der Waals surface area contributed by atoms with Crippen LogP contribution in [0, 0.1) is 23.7 Å². The molecule has 0 unspecified atom stereocenters. The zero-order valence-electron chi connectivity index (χ0n) is 24.8. The topological polar surface area (TPSA) is 159 Å². The molecule has 2 aromatic rings. The van der Waals surface area contributed by atoms with Gasteiger partial charge in [0.05, 0.1) is 19.8 Å². The second-order valence-corrected chi connectivity index (χ2v) is 11.2. The minimum Gasteiger partial charge on any atom is -0.495 e. The van der Waals surface area contributed by atoms with Crippen molar-refractivity contribution in [1.29, 1.82) is 0 Å². The highest BCUT2D eigenvalue weighted by atomic mass is 16.5. The lowest BCUT2D eigenvalue weighted by molar-refractivity contribution is -0.127. The van der Waals surface area contributed by atoms with E-state index in [0.717, 1.165) is 18.4 Å². The van der Waals surface area contributed by atoms with E-state index in [2.05, 4.69) is 24.1 Å². The van der Waals surface area contributed by atoms with Crippen LogP contribution < -0.4 is 20.5 Å². The third-order valence-electron chi connectivity index (χ3n) is 7.44. The van der Waals surface area contributed by atoms with Crippen LogP contribution in [0.1, 0.15) is 58.1 Å². The first-order valence-corrected chi connectivity index (χ1v) is 14.1. The second kappa shape index (κ2) is 16.3. The van der Waals surface area contributed by atoms with Crippen LogP contribution >= 0.6 is 0 Å². The molecule has 0 bridgehead atoms. The SMILES string of the molecule is COCCCOc1cc(C[C@@H](C[C@H](N)[C@@H](O)C[C@H](C(=O)NCc2cc(O)[nH]c2O)C(C)C)C(C)C)ccc1OC. The van der Waals surface area contributed by atoms with Crippen molar-refractivity contribution in [2.75, 3.05) is 27.4 Å². The van der Waals surface area contributed by atoms with E-state index in [-0.39, 0.29) is 42.5 Å². The molecule has 1 amide bonds. The van der Waals surface area contributed by atoms with Gasteiger partial charge >= 0.3 is 0 Å². The highest BCUT2D eigenvalue weighted by molar-refractivity contribution is 5.79. The van der Waals surface area contributed by atoms with E-state index in [0.29, 0.717) is 42.6 Å². The number of hydrogen-bond acceptors (Lipinski definition) is 8. The predicted molar refractivity (Wildman–Crippen MR) is 155 cm³/mol. The molecule has 1 aromatic carbocycles. The molecule has 0 fully saturated rings. The minimum absolute atomic E-state index is 0.0300. The summed E-state index contributed by atoms with van der Waals surface area (Å²) < 4.78 is 16.5. The highest BCUT2D eigenvalue weighted by Gasteiger charge is 2.30. The Bertz CT molecular complexity index is 1040. The molecule has 1 heterocycles. The molecule has 0 aliphatic heterocycles. The number of hydrogen-bond donors (Lipinski definition) is 6. The van der Waals surface area contributed by atoms with Crippen LogP contribution in [0.15, 0.2) is 24.3 Å². The van der Waals surface area contributed by atoms with Crippen molar-refractivity contribution in [3.8, 4) is 23.3 Å². The number of aliphatic hydroxyl groups is 1. The van der Waals surface area contributed by atoms with Crippen molar-refractivity contribution in [2.24, 2.45) is 29.4 Å². The molecule has 40 heavy (non-hydrogen) atoms. The maximum atomic E-state index is 13.0. The summed E-state index contributed by atoms with van der Waals surface area (Å²) in [6.45, 7) is 9.36. The molecule has 0 saturated carbocycles. The maximum Gasteiger partial charge on any atom is 0.223 e. The summed E-state index contributed by atoms with van der Waals surface area (Å²) >= 11 is 0. The van der Waals surface area contributed by atoms with Gasteiger partial charge in [-0.2, -0.15) is 0 Å². The Labute approximate surface area is 238 Å². The number of carbonyl (C=O) groups is 1. The average molecular weight is 564 g/mol. The summed E-state index contributed by atoms with van der Waals surface area (Å²) in [5.74, 6) is 0.790. The Hall–Kier alpha value is -2.95. The normalized spacial score (nSPS) is 14.7. The molecule has 0 aliphatic rings. The Kier molecular flexibility index (Phi) is 13.6. The third kappa shape index (κ3) is 10.2. The van der Waals surface area contributed by atoms with E-state index >= 15 is 0 Å². The van der Waals surface area contributed by atoms with Crippen molar-refractivity contribution in [1.82, 2.24) is 10.3 Å². The fourth-order valence-electron chi connectivity index (χ4n) is 4.78. The predicted octanol–water partition coefficient (Wildman–Crippen LogP) is 3.72. The number of aromatic nitrogens is 1. The van der Waals surface area contributed by atoms with Crippen LogP contribution in [-0.2, 0) is 22.5 Å². The summed E-state index contributed by atoms with van der Waals surface area (Å²) in [5.41, 5.74) is 7.99. The van der Waals surface area contributed by atoms with E-state index < -0.39 is 18.1 Å². The number of ether oxygens (including phenoxy) is 3. The molecule has 226 valence electrons. The van der Waals surface area contributed by atoms with Crippen molar-refractivity contribution in [3.63, 3.8) is 0 Å². The van der Waals surface area contributed by atoms with Gasteiger partial charge in [0.15, 0.2) is 23.3 Å². The smallest absolute Gasteiger partial charge is 0.223 e. The van der Waals surface area contributed by atoms with Crippen LogP contribution in [0.2, 0.25) is 0 Å². The van der Waals surface area contributed by atoms with Crippen molar-refractivity contribution in [3.05, 3.63) is 35.4 Å². The number of nitrogens with one attached hydrogen (secondary N) is 2.